The number of likely N-dealkylation sites (tertiary alicyclic amines) is 1. The highest BCUT2D eigenvalue weighted by atomic mass is 16.6. The van der Waals surface area contributed by atoms with Crippen molar-refractivity contribution in [2.45, 2.75) is 70.7 Å². The van der Waals surface area contributed by atoms with Gasteiger partial charge < -0.3 is 24.4 Å². The molecule has 0 aromatic heterocycles. The lowest BCUT2D eigenvalue weighted by Crippen LogP contribution is -2.44. The van der Waals surface area contributed by atoms with Crippen LogP contribution in [0.25, 0.3) is 0 Å². The minimum Gasteiger partial charge on any atom is -0.444 e. The second-order valence-corrected chi connectivity index (χ2v) is 7.33. The van der Waals surface area contributed by atoms with Gasteiger partial charge in [0.15, 0.2) is 0 Å². The van der Waals surface area contributed by atoms with Crippen LogP contribution in [0.15, 0.2) is 0 Å². The van der Waals surface area contributed by atoms with Crippen LogP contribution in [-0.4, -0.2) is 68.7 Å². The molecule has 136 valence electrons. The Morgan fingerprint density at radius 3 is 2.61 bits per heavy atom. The number of amides is 1. The average Bonchev–Trinajstić information content (AvgIpc) is 2.89. The summed E-state index contributed by atoms with van der Waals surface area (Å²) in [6.45, 7) is 9.96. The molecule has 1 heterocycles. The normalized spacial score (nSPS) is 21.3. The topological polar surface area (TPSA) is 60.0 Å². The van der Waals surface area contributed by atoms with E-state index in [-0.39, 0.29) is 18.2 Å². The predicted molar refractivity (Wildman–Crippen MR) is 90.7 cm³/mol. The Morgan fingerprint density at radius 1 is 1.35 bits per heavy atom. The van der Waals surface area contributed by atoms with Gasteiger partial charge in [-0.2, -0.15) is 0 Å². The minimum atomic E-state index is -0.445. The fourth-order valence-electron chi connectivity index (χ4n) is 2.86. The zero-order chi connectivity index (χ0) is 17.5. The molecule has 1 aliphatic heterocycles. The van der Waals surface area contributed by atoms with Crippen LogP contribution in [0.1, 0.15) is 47.0 Å². The van der Waals surface area contributed by atoms with Crippen molar-refractivity contribution in [2.24, 2.45) is 0 Å². The number of nitrogens with one attached hydrogen (secondary N) is 1. The molecule has 23 heavy (non-hydrogen) atoms. The fraction of sp³-hybridized carbons (Fsp3) is 0.941. The molecule has 0 spiro atoms. The molecule has 1 N–H and O–H groups in total. The monoisotopic (exact) mass is 330 g/mol. The van der Waals surface area contributed by atoms with Crippen LogP contribution >= 0.6 is 0 Å². The van der Waals surface area contributed by atoms with Gasteiger partial charge in [0.2, 0.25) is 0 Å². The molecule has 0 aliphatic carbocycles. The van der Waals surface area contributed by atoms with Crippen LogP contribution in [0.4, 0.5) is 4.79 Å². The summed E-state index contributed by atoms with van der Waals surface area (Å²) in [7, 11) is 3.37. The van der Waals surface area contributed by atoms with E-state index in [9.17, 15) is 4.79 Å². The zero-order valence-electron chi connectivity index (χ0n) is 15.6. The Labute approximate surface area is 140 Å². The van der Waals surface area contributed by atoms with Gasteiger partial charge in [0.05, 0.1) is 12.7 Å². The first kappa shape index (κ1) is 20.2. The Kier molecular flexibility index (Phi) is 8.29. The average molecular weight is 330 g/mol. The number of hydrogen-bond donors (Lipinski definition) is 1. The zero-order valence-corrected chi connectivity index (χ0v) is 15.6. The molecule has 6 heteroatoms. The largest absolute Gasteiger partial charge is 0.444 e. The number of hydrogen-bond acceptors (Lipinski definition) is 5. The highest BCUT2D eigenvalue weighted by Gasteiger charge is 2.32. The lowest BCUT2D eigenvalue weighted by atomic mass is 10.1. The van der Waals surface area contributed by atoms with E-state index in [1.54, 1.807) is 14.2 Å². The standard InChI is InChI=1S/C17H34N2O4/c1-13(18-11-15(22-6)12-21-5)10-14-8-7-9-19(14)16(20)23-17(2,3)4/h13-15,18H,7-12H2,1-6H3. The summed E-state index contributed by atoms with van der Waals surface area (Å²) in [6, 6.07) is 0.549. The van der Waals surface area contributed by atoms with Crippen molar-refractivity contribution in [1.82, 2.24) is 10.2 Å². The van der Waals surface area contributed by atoms with Crippen molar-refractivity contribution in [3.8, 4) is 0 Å². The molecule has 1 rings (SSSR count). The fourth-order valence-corrected chi connectivity index (χ4v) is 2.86. The third-order valence-corrected chi connectivity index (χ3v) is 4.01. The van der Waals surface area contributed by atoms with Crippen molar-refractivity contribution < 1.29 is 19.0 Å². The van der Waals surface area contributed by atoms with E-state index in [1.165, 1.54) is 0 Å². The number of nitrogens with zero attached hydrogens (tertiary/aromatic N) is 1. The van der Waals surface area contributed by atoms with E-state index in [2.05, 4.69) is 12.2 Å². The highest BCUT2D eigenvalue weighted by molar-refractivity contribution is 5.68. The molecule has 3 atom stereocenters. The lowest BCUT2D eigenvalue weighted by Gasteiger charge is -2.30. The molecule has 1 fully saturated rings. The summed E-state index contributed by atoms with van der Waals surface area (Å²) in [5.74, 6) is 0. The first-order valence-corrected chi connectivity index (χ1v) is 8.51. The molecule has 3 unspecified atom stereocenters. The van der Waals surface area contributed by atoms with Crippen molar-refractivity contribution in [3.05, 3.63) is 0 Å². The van der Waals surface area contributed by atoms with Gasteiger partial charge in [0, 0.05) is 39.4 Å². The van der Waals surface area contributed by atoms with Gasteiger partial charge in [-0.1, -0.05) is 0 Å². The SMILES string of the molecule is COCC(CNC(C)CC1CCCN1C(=O)OC(C)(C)C)OC. The smallest absolute Gasteiger partial charge is 0.410 e. The van der Waals surface area contributed by atoms with Gasteiger partial charge in [-0.15, -0.1) is 0 Å². The summed E-state index contributed by atoms with van der Waals surface area (Å²) in [4.78, 5) is 14.2. The van der Waals surface area contributed by atoms with Crippen LogP contribution in [0, 0.1) is 0 Å². The third-order valence-electron chi connectivity index (χ3n) is 4.01. The lowest BCUT2D eigenvalue weighted by molar-refractivity contribution is 0.0196. The maximum absolute atomic E-state index is 12.3. The van der Waals surface area contributed by atoms with Crippen molar-refractivity contribution >= 4 is 6.09 Å². The minimum absolute atomic E-state index is 0.0491. The van der Waals surface area contributed by atoms with Crippen molar-refractivity contribution in [1.29, 1.82) is 0 Å². The molecule has 6 nitrogen and oxygen atoms in total. The van der Waals surface area contributed by atoms with Crippen LogP contribution in [-0.2, 0) is 14.2 Å². The second-order valence-electron chi connectivity index (χ2n) is 7.33. The van der Waals surface area contributed by atoms with E-state index in [4.69, 9.17) is 14.2 Å². The summed E-state index contributed by atoms with van der Waals surface area (Å²) < 4.78 is 16.0. The Bertz CT molecular complexity index is 357. The quantitative estimate of drug-likeness (QED) is 0.740. The molecule has 0 radical (unpaired) electrons. The van der Waals surface area contributed by atoms with Gasteiger partial charge >= 0.3 is 6.09 Å². The molecular formula is C17H34N2O4. The van der Waals surface area contributed by atoms with E-state index in [1.807, 2.05) is 25.7 Å². The molecule has 1 saturated heterocycles. The Hall–Kier alpha value is -0.850. The number of rotatable bonds is 8. The second kappa shape index (κ2) is 9.45. The molecule has 1 aliphatic rings. The van der Waals surface area contributed by atoms with Crippen molar-refractivity contribution in [3.63, 3.8) is 0 Å². The maximum Gasteiger partial charge on any atom is 0.410 e. The summed E-state index contributed by atoms with van der Waals surface area (Å²) in [5, 5.41) is 3.47. The van der Waals surface area contributed by atoms with E-state index < -0.39 is 5.60 Å². The van der Waals surface area contributed by atoms with Crippen LogP contribution in [0.3, 0.4) is 0 Å². The summed E-state index contributed by atoms with van der Waals surface area (Å²) >= 11 is 0. The molecule has 1 amide bonds. The summed E-state index contributed by atoms with van der Waals surface area (Å²) in [5.41, 5.74) is -0.445. The first-order valence-electron chi connectivity index (χ1n) is 8.51. The molecule has 0 aromatic rings. The highest BCUT2D eigenvalue weighted by Crippen LogP contribution is 2.24. The first-order chi connectivity index (χ1) is 10.8. The van der Waals surface area contributed by atoms with Gasteiger partial charge in [0.25, 0.3) is 0 Å². The molecule has 0 saturated carbocycles. The van der Waals surface area contributed by atoms with E-state index >= 15 is 0 Å². The number of methoxy groups -OCH3 is 2. The summed E-state index contributed by atoms with van der Waals surface area (Å²) in [6.07, 6.45) is 2.86. The van der Waals surface area contributed by atoms with Gasteiger partial charge in [-0.05, 0) is 47.0 Å². The van der Waals surface area contributed by atoms with E-state index in [0.717, 1.165) is 32.4 Å². The number of carbonyl (C=O) groups is 1. The van der Waals surface area contributed by atoms with Gasteiger partial charge in [-0.25, -0.2) is 4.79 Å². The van der Waals surface area contributed by atoms with Crippen LogP contribution in [0.5, 0.6) is 0 Å². The Balaban J connectivity index is 2.43. The van der Waals surface area contributed by atoms with Crippen LogP contribution < -0.4 is 5.32 Å². The Morgan fingerprint density at radius 2 is 2.04 bits per heavy atom. The predicted octanol–water partition coefficient (Wildman–Crippen LogP) is 2.42. The van der Waals surface area contributed by atoms with Crippen molar-refractivity contribution in [2.75, 3.05) is 33.9 Å². The van der Waals surface area contributed by atoms with Gasteiger partial charge in [0.1, 0.15) is 5.60 Å². The maximum atomic E-state index is 12.3. The third kappa shape index (κ3) is 7.50. The number of ether oxygens (including phenoxy) is 3. The van der Waals surface area contributed by atoms with Gasteiger partial charge in [-0.3, -0.25) is 0 Å². The molecular weight excluding hydrogens is 296 g/mol. The molecule has 0 aromatic carbocycles. The van der Waals surface area contributed by atoms with Crippen LogP contribution in [0.2, 0.25) is 0 Å². The van der Waals surface area contributed by atoms with E-state index in [0.29, 0.717) is 12.6 Å². The number of carbonyl (C=O) groups excluding carboxylic acids is 1. The molecule has 0 bridgehead atoms.